The molecule has 15 heavy (non-hydrogen) atoms. The van der Waals surface area contributed by atoms with E-state index >= 15 is 0 Å². The van der Waals surface area contributed by atoms with E-state index in [-0.39, 0.29) is 0 Å². The van der Waals surface area contributed by atoms with Gasteiger partial charge in [-0.05, 0) is 43.4 Å². The van der Waals surface area contributed by atoms with Crippen LogP contribution in [0.4, 0.5) is 0 Å². The second-order valence-electron chi connectivity index (χ2n) is 4.47. The lowest BCUT2D eigenvalue weighted by Crippen LogP contribution is -2.38. The van der Waals surface area contributed by atoms with Crippen molar-refractivity contribution in [2.24, 2.45) is 11.1 Å². The second kappa shape index (κ2) is 4.67. The highest BCUT2D eigenvalue weighted by molar-refractivity contribution is 5.20. The molecule has 0 atom stereocenters. The Morgan fingerprint density at radius 2 is 1.93 bits per heavy atom. The number of hydrogen-bond acceptors (Lipinski definition) is 2. The molecule has 0 aliphatic heterocycles. The number of nitrogens with two attached hydrogens (primary N) is 1. The van der Waals surface area contributed by atoms with E-state index < -0.39 is 0 Å². The van der Waals surface area contributed by atoms with Gasteiger partial charge in [0.15, 0.2) is 0 Å². The van der Waals surface area contributed by atoms with Crippen molar-refractivity contribution in [2.75, 3.05) is 13.2 Å². The van der Waals surface area contributed by atoms with Crippen LogP contribution in [-0.2, 0) is 0 Å². The number of rotatable bonds is 5. The zero-order chi connectivity index (χ0) is 10.6. The molecular formula is C13H19NO. The third kappa shape index (κ3) is 2.51. The van der Waals surface area contributed by atoms with E-state index in [9.17, 15) is 0 Å². The summed E-state index contributed by atoms with van der Waals surface area (Å²) >= 11 is 0. The molecule has 0 bridgehead atoms. The molecule has 0 saturated heterocycles. The van der Waals surface area contributed by atoms with E-state index in [1.165, 1.54) is 19.3 Å². The van der Waals surface area contributed by atoms with Gasteiger partial charge in [0.2, 0.25) is 0 Å². The summed E-state index contributed by atoms with van der Waals surface area (Å²) in [4.78, 5) is 0. The van der Waals surface area contributed by atoms with E-state index in [1.807, 2.05) is 30.3 Å². The van der Waals surface area contributed by atoms with Gasteiger partial charge in [0.1, 0.15) is 5.75 Å². The lowest BCUT2D eigenvalue weighted by atomic mass is 9.67. The fourth-order valence-electron chi connectivity index (χ4n) is 2.14. The van der Waals surface area contributed by atoms with Gasteiger partial charge in [-0.25, -0.2) is 0 Å². The summed E-state index contributed by atoms with van der Waals surface area (Å²) in [5.41, 5.74) is 6.19. The normalized spacial score (nSPS) is 18.2. The summed E-state index contributed by atoms with van der Waals surface area (Å²) in [6, 6.07) is 9.99. The molecule has 1 saturated carbocycles. The molecule has 2 nitrogen and oxygen atoms in total. The van der Waals surface area contributed by atoms with E-state index in [1.54, 1.807) is 0 Å². The molecule has 0 spiro atoms. The average Bonchev–Trinajstić information content (AvgIpc) is 2.24. The van der Waals surface area contributed by atoms with Crippen molar-refractivity contribution in [2.45, 2.75) is 25.7 Å². The van der Waals surface area contributed by atoms with Crippen LogP contribution in [0.25, 0.3) is 0 Å². The van der Waals surface area contributed by atoms with Gasteiger partial charge in [-0.2, -0.15) is 0 Å². The maximum absolute atomic E-state index is 5.79. The molecule has 1 aromatic rings. The highest BCUT2D eigenvalue weighted by atomic mass is 16.5. The Hall–Kier alpha value is -1.02. The maximum Gasteiger partial charge on any atom is 0.119 e. The monoisotopic (exact) mass is 205 g/mol. The molecule has 1 aliphatic carbocycles. The third-order valence-electron chi connectivity index (χ3n) is 3.49. The zero-order valence-electron chi connectivity index (χ0n) is 9.11. The van der Waals surface area contributed by atoms with Crippen LogP contribution >= 0.6 is 0 Å². The largest absolute Gasteiger partial charge is 0.494 e. The minimum atomic E-state index is 0.398. The fourth-order valence-corrected chi connectivity index (χ4v) is 2.14. The Morgan fingerprint density at radius 3 is 2.47 bits per heavy atom. The molecular weight excluding hydrogens is 186 g/mol. The van der Waals surface area contributed by atoms with Crippen molar-refractivity contribution in [3.8, 4) is 5.75 Å². The molecule has 0 aromatic heterocycles. The van der Waals surface area contributed by atoms with Gasteiger partial charge in [-0.1, -0.05) is 24.6 Å². The van der Waals surface area contributed by atoms with Crippen molar-refractivity contribution in [1.29, 1.82) is 0 Å². The van der Waals surface area contributed by atoms with Crippen LogP contribution in [0.5, 0.6) is 5.75 Å². The van der Waals surface area contributed by atoms with Gasteiger partial charge in [0, 0.05) is 0 Å². The molecule has 1 aromatic carbocycles. The molecule has 0 radical (unpaired) electrons. The predicted molar refractivity (Wildman–Crippen MR) is 61.9 cm³/mol. The molecule has 0 unspecified atom stereocenters. The number of ether oxygens (including phenoxy) is 1. The van der Waals surface area contributed by atoms with Gasteiger partial charge in [0.25, 0.3) is 0 Å². The standard InChI is InChI=1S/C13H19NO/c14-11-13(7-4-8-13)9-10-15-12-5-2-1-3-6-12/h1-3,5-6H,4,7-11,14H2. The smallest absolute Gasteiger partial charge is 0.119 e. The minimum absolute atomic E-state index is 0.398. The second-order valence-corrected chi connectivity index (χ2v) is 4.47. The first-order valence-electron chi connectivity index (χ1n) is 5.73. The summed E-state index contributed by atoms with van der Waals surface area (Å²) in [6.45, 7) is 1.60. The predicted octanol–water partition coefficient (Wildman–Crippen LogP) is 2.58. The highest BCUT2D eigenvalue weighted by Crippen LogP contribution is 2.42. The van der Waals surface area contributed by atoms with Crippen LogP contribution in [0.3, 0.4) is 0 Å². The molecule has 82 valence electrons. The van der Waals surface area contributed by atoms with Crippen LogP contribution < -0.4 is 10.5 Å². The van der Waals surface area contributed by atoms with Crippen LogP contribution in [-0.4, -0.2) is 13.2 Å². The Labute approximate surface area is 91.4 Å². The molecule has 1 aliphatic rings. The summed E-state index contributed by atoms with van der Waals surface area (Å²) in [7, 11) is 0. The first-order valence-corrected chi connectivity index (χ1v) is 5.73. The van der Waals surface area contributed by atoms with Gasteiger partial charge in [0.05, 0.1) is 6.61 Å². The SMILES string of the molecule is NCC1(CCOc2ccccc2)CCC1. The number of para-hydroxylation sites is 1. The highest BCUT2D eigenvalue weighted by Gasteiger charge is 2.35. The zero-order valence-corrected chi connectivity index (χ0v) is 9.11. The van der Waals surface area contributed by atoms with Crippen molar-refractivity contribution in [3.63, 3.8) is 0 Å². The quantitative estimate of drug-likeness (QED) is 0.802. The fraction of sp³-hybridized carbons (Fsp3) is 0.538. The van der Waals surface area contributed by atoms with Crippen LogP contribution in [0.15, 0.2) is 30.3 Å². The van der Waals surface area contributed by atoms with Crippen LogP contribution in [0.2, 0.25) is 0 Å². The van der Waals surface area contributed by atoms with E-state index in [4.69, 9.17) is 10.5 Å². The van der Waals surface area contributed by atoms with Gasteiger partial charge in [-0.3, -0.25) is 0 Å². The Morgan fingerprint density at radius 1 is 1.20 bits per heavy atom. The minimum Gasteiger partial charge on any atom is -0.494 e. The van der Waals surface area contributed by atoms with Crippen molar-refractivity contribution >= 4 is 0 Å². The van der Waals surface area contributed by atoms with Crippen LogP contribution in [0, 0.1) is 5.41 Å². The lowest BCUT2D eigenvalue weighted by molar-refractivity contribution is 0.103. The van der Waals surface area contributed by atoms with Crippen molar-refractivity contribution < 1.29 is 4.74 Å². The van der Waals surface area contributed by atoms with Gasteiger partial charge in [-0.15, -0.1) is 0 Å². The summed E-state index contributed by atoms with van der Waals surface area (Å²) < 4.78 is 5.68. The molecule has 0 heterocycles. The first kappa shape index (κ1) is 10.5. The average molecular weight is 205 g/mol. The first-order chi connectivity index (χ1) is 7.35. The Bertz CT molecular complexity index is 287. The van der Waals surface area contributed by atoms with E-state index in [0.29, 0.717) is 5.41 Å². The summed E-state index contributed by atoms with van der Waals surface area (Å²) in [6.07, 6.45) is 4.99. The van der Waals surface area contributed by atoms with Gasteiger partial charge >= 0.3 is 0 Å². The number of benzene rings is 1. The van der Waals surface area contributed by atoms with E-state index in [0.717, 1.165) is 25.3 Å². The Balaban J connectivity index is 1.75. The van der Waals surface area contributed by atoms with Crippen molar-refractivity contribution in [1.82, 2.24) is 0 Å². The molecule has 2 heteroatoms. The Kier molecular flexibility index (Phi) is 3.27. The topological polar surface area (TPSA) is 35.2 Å². The molecule has 2 rings (SSSR count). The summed E-state index contributed by atoms with van der Waals surface area (Å²) in [5.74, 6) is 0.962. The molecule has 2 N–H and O–H groups in total. The number of hydrogen-bond donors (Lipinski definition) is 1. The lowest BCUT2D eigenvalue weighted by Gasteiger charge is -2.40. The van der Waals surface area contributed by atoms with Gasteiger partial charge < -0.3 is 10.5 Å². The summed E-state index contributed by atoms with van der Waals surface area (Å²) in [5, 5.41) is 0. The third-order valence-corrected chi connectivity index (χ3v) is 3.49. The molecule has 0 amide bonds. The van der Waals surface area contributed by atoms with Crippen molar-refractivity contribution in [3.05, 3.63) is 30.3 Å². The molecule has 1 fully saturated rings. The maximum atomic E-state index is 5.79. The van der Waals surface area contributed by atoms with Crippen LogP contribution in [0.1, 0.15) is 25.7 Å². The van der Waals surface area contributed by atoms with E-state index in [2.05, 4.69) is 0 Å².